The number of nitrogens with two attached hydrogens (primary N) is 1. The average molecular weight is 208 g/mol. The van der Waals surface area contributed by atoms with E-state index in [1.165, 1.54) is 0 Å². The maximum atomic E-state index is 5.69. The van der Waals surface area contributed by atoms with Gasteiger partial charge < -0.3 is 10.5 Å². The summed E-state index contributed by atoms with van der Waals surface area (Å²) in [6.45, 7) is 1.99. The molecule has 1 unspecified atom stereocenters. The zero-order chi connectivity index (χ0) is 10.1. The molecule has 4 heteroatoms. The second kappa shape index (κ2) is 3.55. The molecule has 0 fully saturated rings. The van der Waals surface area contributed by atoms with Gasteiger partial charge in [-0.3, -0.25) is 0 Å². The minimum absolute atomic E-state index is 0.0497. The second-order valence-electron chi connectivity index (χ2n) is 3.16. The van der Waals surface area contributed by atoms with E-state index < -0.39 is 0 Å². The van der Waals surface area contributed by atoms with E-state index in [-0.39, 0.29) is 6.10 Å². The monoisotopic (exact) mass is 208 g/mol. The Labute approximate surface area is 86.5 Å². The van der Waals surface area contributed by atoms with Gasteiger partial charge >= 0.3 is 0 Å². The smallest absolute Gasteiger partial charge is 0.122 e. The van der Waals surface area contributed by atoms with E-state index in [2.05, 4.69) is 4.98 Å². The molecule has 1 atom stereocenters. The van der Waals surface area contributed by atoms with Crippen LogP contribution >= 0.6 is 11.3 Å². The van der Waals surface area contributed by atoms with E-state index in [0.29, 0.717) is 0 Å². The normalized spacial score (nSPS) is 13.3. The maximum absolute atomic E-state index is 5.69. The lowest BCUT2D eigenvalue weighted by Crippen LogP contribution is -1.93. The molecule has 0 aliphatic rings. The molecule has 0 aliphatic carbocycles. The molecule has 0 saturated carbocycles. The lowest BCUT2D eigenvalue weighted by Gasteiger charge is -2.02. The molecule has 74 valence electrons. The zero-order valence-electron chi connectivity index (χ0n) is 8.15. The van der Waals surface area contributed by atoms with Gasteiger partial charge in [0.25, 0.3) is 0 Å². The second-order valence-corrected chi connectivity index (χ2v) is 4.22. The molecule has 0 radical (unpaired) electrons. The molecule has 1 heterocycles. The standard InChI is InChI=1S/C10H12N2OS/c1-6(13-2)10-12-8-4-3-7(11)5-9(8)14-10/h3-6H,11H2,1-2H3. The summed E-state index contributed by atoms with van der Waals surface area (Å²) < 4.78 is 6.33. The highest BCUT2D eigenvalue weighted by molar-refractivity contribution is 7.18. The summed E-state index contributed by atoms with van der Waals surface area (Å²) in [7, 11) is 1.69. The van der Waals surface area contributed by atoms with Gasteiger partial charge in [0, 0.05) is 12.8 Å². The molecule has 1 aromatic carbocycles. The van der Waals surface area contributed by atoms with Crippen molar-refractivity contribution in [1.29, 1.82) is 0 Å². The van der Waals surface area contributed by atoms with Gasteiger partial charge in [-0.05, 0) is 25.1 Å². The molecule has 0 saturated heterocycles. The van der Waals surface area contributed by atoms with Crippen molar-refractivity contribution < 1.29 is 4.74 Å². The van der Waals surface area contributed by atoms with Crippen LogP contribution in [0.1, 0.15) is 18.0 Å². The third kappa shape index (κ3) is 1.58. The Morgan fingerprint density at radius 2 is 2.29 bits per heavy atom. The van der Waals surface area contributed by atoms with Crippen LogP contribution in [0.25, 0.3) is 10.2 Å². The lowest BCUT2D eigenvalue weighted by molar-refractivity contribution is 0.119. The number of aromatic nitrogens is 1. The summed E-state index contributed by atoms with van der Waals surface area (Å²) in [6.07, 6.45) is 0.0497. The number of methoxy groups -OCH3 is 1. The van der Waals surface area contributed by atoms with Crippen LogP contribution < -0.4 is 5.73 Å². The van der Waals surface area contributed by atoms with Crippen LogP contribution in [0.5, 0.6) is 0 Å². The van der Waals surface area contributed by atoms with E-state index >= 15 is 0 Å². The van der Waals surface area contributed by atoms with Crippen LogP contribution in [0.3, 0.4) is 0 Å². The Morgan fingerprint density at radius 3 is 3.00 bits per heavy atom. The van der Waals surface area contributed by atoms with Crippen molar-refractivity contribution in [3.63, 3.8) is 0 Å². The number of hydrogen-bond donors (Lipinski definition) is 1. The highest BCUT2D eigenvalue weighted by atomic mass is 32.1. The van der Waals surface area contributed by atoms with Crippen molar-refractivity contribution in [2.45, 2.75) is 13.0 Å². The van der Waals surface area contributed by atoms with Gasteiger partial charge in [0.2, 0.25) is 0 Å². The summed E-state index contributed by atoms with van der Waals surface area (Å²) >= 11 is 1.63. The molecule has 2 N–H and O–H groups in total. The molecule has 2 rings (SSSR count). The van der Waals surface area contributed by atoms with Crippen molar-refractivity contribution in [3.05, 3.63) is 23.2 Å². The summed E-state index contributed by atoms with van der Waals surface area (Å²) in [5, 5.41) is 0.994. The van der Waals surface area contributed by atoms with Crippen LogP contribution in [0.2, 0.25) is 0 Å². The lowest BCUT2D eigenvalue weighted by atomic mass is 10.3. The molecule has 0 amide bonds. The van der Waals surface area contributed by atoms with Gasteiger partial charge in [0.15, 0.2) is 0 Å². The Hall–Kier alpha value is -1.13. The number of benzene rings is 1. The molecule has 2 aromatic rings. The minimum atomic E-state index is 0.0497. The summed E-state index contributed by atoms with van der Waals surface area (Å²) in [4.78, 5) is 4.46. The highest BCUT2D eigenvalue weighted by Crippen LogP contribution is 2.28. The van der Waals surface area contributed by atoms with Crippen LogP contribution in [0.4, 0.5) is 5.69 Å². The minimum Gasteiger partial charge on any atom is -0.399 e. The summed E-state index contributed by atoms with van der Waals surface area (Å²) in [5.41, 5.74) is 7.45. The number of nitrogens with zero attached hydrogens (tertiary/aromatic N) is 1. The number of ether oxygens (including phenoxy) is 1. The highest BCUT2D eigenvalue weighted by Gasteiger charge is 2.10. The molecular weight excluding hydrogens is 196 g/mol. The van der Waals surface area contributed by atoms with Gasteiger partial charge in [-0.2, -0.15) is 0 Å². The van der Waals surface area contributed by atoms with Gasteiger partial charge in [-0.15, -0.1) is 11.3 Å². The first-order chi connectivity index (χ1) is 6.70. The number of thiazole rings is 1. The Kier molecular flexibility index (Phi) is 2.39. The maximum Gasteiger partial charge on any atom is 0.122 e. The van der Waals surface area contributed by atoms with Crippen molar-refractivity contribution in [1.82, 2.24) is 4.98 Å². The largest absolute Gasteiger partial charge is 0.399 e. The number of fused-ring (bicyclic) bond motifs is 1. The first-order valence-corrected chi connectivity index (χ1v) is 5.21. The fourth-order valence-corrected chi connectivity index (χ4v) is 2.28. The number of anilines is 1. The Balaban J connectivity index is 2.51. The molecule has 3 nitrogen and oxygen atoms in total. The number of rotatable bonds is 2. The van der Waals surface area contributed by atoms with Crippen LogP contribution in [0.15, 0.2) is 18.2 Å². The molecular formula is C10H12N2OS. The molecule has 14 heavy (non-hydrogen) atoms. The first kappa shape index (κ1) is 9.43. The van der Waals surface area contributed by atoms with Crippen LogP contribution in [-0.2, 0) is 4.74 Å². The Morgan fingerprint density at radius 1 is 1.50 bits per heavy atom. The zero-order valence-corrected chi connectivity index (χ0v) is 8.97. The summed E-state index contributed by atoms with van der Waals surface area (Å²) in [6, 6.07) is 5.75. The van der Waals surface area contributed by atoms with Crippen molar-refractivity contribution in [2.75, 3.05) is 12.8 Å². The van der Waals surface area contributed by atoms with Crippen molar-refractivity contribution >= 4 is 27.2 Å². The predicted molar refractivity (Wildman–Crippen MR) is 59.5 cm³/mol. The third-order valence-corrected chi connectivity index (χ3v) is 3.31. The fourth-order valence-electron chi connectivity index (χ4n) is 1.23. The van der Waals surface area contributed by atoms with E-state index in [0.717, 1.165) is 20.9 Å². The first-order valence-electron chi connectivity index (χ1n) is 4.39. The van der Waals surface area contributed by atoms with E-state index in [4.69, 9.17) is 10.5 Å². The molecule has 1 aromatic heterocycles. The summed E-state index contributed by atoms with van der Waals surface area (Å²) in [5.74, 6) is 0. The van der Waals surface area contributed by atoms with Gasteiger partial charge in [0.05, 0.1) is 10.2 Å². The van der Waals surface area contributed by atoms with Gasteiger partial charge in [-0.1, -0.05) is 0 Å². The molecule has 0 spiro atoms. The molecule has 0 bridgehead atoms. The SMILES string of the molecule is COC(C)c1nc2ccc(N)cc2s1. The number of hydrogen-bond acceptors (Lipinski definition) is 4. The van der Waals surface area contributed by atoms with Crippen molar-refractivity contribution in [3.8, 4) is 0 Å². The van der Waals surface area contributed by atoms with Crippen molar-refractivity contribution in [2.24, 2.45) is 0 Å². The quantitative estimate of drug-likeness (QED) is 0.772. The Bertz CT molecular complexity index is 452. The molecule has 0 aliphatic heterocycles. The van der Waals surface area contributed by atoms with E-state index in [1.807, 2.05) is 25.1 Å². The topological polar surface area (TPSA) is 48.1 Å². The van der Waals surface area contributed by atoms with Gasteiger partial charge in [0.1, 0.15) is 11.1 Å². The fraction of sp³-hybridized carbons (Fsp3) is 0.300. The van der Waals surface area contributed by atoms with Gasteiger partial charge in [-0.25, -0.2) is 4.98 Å². The van der Waals surface area contributed by atoms with Crippen LogP contribution in [0, 0.1) is 0 Å². The average Bonchev–Trinajstić information content (AvgIpc) is 2.59. The van der Waals surface area contributed by atoms with Crippen LogP contribution in [-0.4, -0.2) is 12.1 Å². The van der Waals surface area contributed by atoms with E-state index in [9.17, 15) is 0 Å². The van der Waals surface area contributed by atoms with E-state index in [1.54, 1.807) is 18.4 Å². The predicted octanol–water partition coefficient (Wildman–Crippen LogP) is 2.59. The number of nitrogen functional groups attached to an aromatic ring is 1. The third-order valence-electron chi connectivity index (χ3n) is 2.13.